The van der Waals surface area contributed by atoms with Crippen molar-refractivity contribution < 1.29 is 9.18 Å². The molecule has 1 amide bonds. The summed E-state index contributed by atoms with van der Waals surface area (Å²) in [5, 5.41) is 10.7. The van der Waals surface area contributed by atoms with Gasteiger partial charge in [-0.1, -0.05) is 26.0 Å². The minimum Gasteiger partial charge on any atom is -0.350 e. The lowest BCUT2D eigenvalue weighted by Gasteiger charge is -2.25. The van der Waals surface area contributed by atoms with E-state index in [0.717, 1.165) is 31.5 Å². The molecule has 1 saturated heterocycles. The third kappa shape index (κ3) is 4.25. The van der Waals surface area contributed by atoms with Gasteiger partial charge in [-0.25, -0.2) is 4.39 Å². The minimum atomic E-state index is -0.367. The van der Waals surface area contributed by atoms with Crippen LogP contribution in [0.3, 0.4) is 0 Å². The predicted octanol–water partition coefficient (Wildman–Crippen LogP) is 2.65. The number of benzene rings is 1. The highest BCUT2D eigenvalue weighted by molar-refractivity contribution is 5.92. The first-order valence-corrected chi connectivity index (χ1v) is 8.76. The average Bonchev–Trinajstić information content (AvgIpc) is 3.11. The summed E-state index contributed by atoms with van der Waals surface area (Å²) in [6.45, 7) is 6.30. The van der Waals surface area contributed by atoms with Crippen LogP contribution in [-0.4, -0.2) is 35.3 Å². The number of hydrogen-bond donors (Lipinski definition) is 2. The number of rotatable bonds is 5. The van der Waals surface area contributed by atoms with Crippen LogP contribution in [0, 0.1) is 5.82 Å². The van der Waals surface area contributed by atoms with Gasteiger partial charge >= 0.3 is 0 Å². The maximum Gasteiger partial charge on any atom is 0.271 e. The van der Waals surface area contributed by atoms with Gasteiger partial charge in [-0.2, -0.15) is 5.10 Å². The highest BCUT2D eigenvalue weighted by Crippen LogP contribution is 2.23. The normalized spacial score (nSPS) is 18.1. The second-order valence-electron chi connectivity index (χ2n) is 7.26. The Hall–Kier alpha value is -2.21. The SMILES string of the molecule is CC(C)(CNC(=O)c1ccn(C2CCCNC2)n1)c1cccc(F)c1. The number of aromatic nitrogens is 2. The van der Waals surface area contributed by atoms with Crippen molar-refractivity contribution in [2.45, 2.75) is 38.1 Å². The summed E-state index contributed by atoms with van der Waals surface area (Å²) in [5.74, 6) is -0.469. The first-order chi connectivity index (χ1) is 12.0. The molecule has 0 aliphatic carbocycles. The van der Waals surface area contributed by atoms with Crippen LogP contribution in [0.5, 0.6) is 0 Å². The molecule has 5 nitrogen and oxygen atoms in total. The third-order valence-electron chi connectivity index (χ3n) is 4.78. The smallest absolute Gasteiger partial charge is 0.271 e. The molecule has 1 aliphatic heterocycles. The molecule has 1 aromatic heterocycles. The van der Waals surface area contributed by atoms with Crippen LogP contribution in [0.15, 0.2) is 36.5 Å². The number of nitrogens with zero attached hydrogens (tertiary/aromatic N) is 2. The molecule has 0 saturated carbocycles. The van der Waals surface area contributed by atoms with E-state index >= 15 is 0 Å². The van der Waals surface area contributed by atoms with Gasteiger partial charge in [0.15, 0.2) is 0 Å². The predicted molar refractivity (Wildman–Crippen MR) is 95.1 cm³/mol. The number of carbonyl (C=O) groups is 1. The van der Waals surface area contributed by atoms with Gasteiger partial charge in [-0.05, 0) is 43.1 Å². The van der Waals surface area contributed by atoms with E-state index in [1.54, 1.807) is 12.1 Å². The van der Waals surface area contributed by atoms with Gasteiger partial charge in [0.1, 0.15) is 11.5 Å². The summed E-state index contributed by atoms with van der Waals surface area (Å²) >= 11 is 0. The summed E-state index contributed by atoms with van der Waals surface area (Å²) in [4.78, 5) is 12.4. The number of carbonyl (C=O) groups excluding carboxylic acids is 1. The Morgan fingerprint density at radius 3 is 3.00 bits per heavy atom. The number of nitrogens with one attached hydrogen (secondary N) is 2. The first-order valence-electron chi connectivity index (χ1n) is 8.76. The van der Waals surface area contributed by atoms with Crippen molar-refractivity contribution >= 4 is 5.91 Å². The zero-order valence-electron chi connectivity index (χ0n) is 14.8. The van der Waals surface area contributed by atoms with Gasteiger partial charge in [0.2, 0.25) is 0 Å². The van der Waals surface area contributed by atoms with E-state index in [4.69, 9.17) is 0 Å². The summed E-state index contributed by atoms with van der Waals surface area (Å²) < 4.78 is 15.3. The molecule has 1 atom stereocenters. The number of hydrogen-bond acceptors (Lipinski definition) is 3. The first kappa shape index (κ1) is 17.6. The molecule has 25 heavy (non-hydrogen) atoms. The highest BCUT2D eigenvalue weighted by Gasteiger charge is 2.23. The summed E-state index contributed by atoms with van der Waals surface area (Å²) in [7, 11) is 0. The van der Waals surface area contributed by atoms with Gasteiger partial charge in [0, 0.05) is 24.7 Å². The van der Waals surface area contributed by atoms with Gasteiger partial charge in [0.25, 0.3) is 5.91 Å². The number of piperidine rings is 1. The molecule has 3 rings (SSSR count). The van der Waals surface area contributed by atoms with E-state index < -0.39 is 0 Å². The van der Waals surface area contributed by atoms with Crippen LogP contribution in [0.2, 0.25) is 0 Å². The molecule has 2 N–H and O–H groups in total. The zero-order chi connectivity index (χ0) is 17.9. The van der Waals surface area contributed by atoms with E-state index in [9.17, 15) is 9.18 Å². The fourth-order valence-corrected chi connectivity index (χ4v) is 3.13. The molecule has 2 aromatic rings. The number of halogens is 1. The molecule has 0 radical (unpaired) electrons. The lowest BCUT2D eigenvalue weighted by molar-refractivity contribution is 0.0939. The molecule has 2 heterocycles. The van der Waals surface area contributed by atoms with Crippen LogP contribution >= 0.6 is 0 Å². The van der Waals surface area contributed by atoms with Crippen molar-refractivity contribution in [3.05, 3.63) is 53.6 Å². The van der Waals surface area contributed by atoms with Crippen LogP contribution in [0.1, 0.15) is 48.8 Å². The van der Waals surface area contributed by atoms with E-state index in [0.29, 0.717) is 18.3 Å². The number of amides is 1. The highest BCUT2D eigenvalue weighted by atomic mass is 19.1. The summed E-state index contributed by atoms with van der Waals surface area (Å²) in [6, 6.07) is 8.55. The van der Waals surface area contributed by atoms with Crippen molar-refractivity contribution in [3.63, 3.8) is 0 Å². The topological polar surface area (TPSA) is 59.0 Å². The molecule has 1 aliphatic rings. The summed E-state index contributed by atoms with van der Waals surface area (Å²) in [6.07, 6.45) is 4.06. The Kier molecular flexibility index (Phi) is 5.18. The Balaban J connectivity index is 1.61. The Bertz CT molecular complexity index is 735. The van der Waals surface area contributed by atoms with Gasteiger partial charge in [0.05, 0.1) is 6.04 Å². The van der Waals surface area contributed by atoms with Gasteiger partial charge in [-0.15, -0.1) is 0 Å². The van der Waals surface area contributed by atoms with E-state index in [-0.39, 0.29) is 17.1 Å². The molecule has 0 spiro atoms. The molecule has 0 bridgehead atoms. The average molecular weight is 344 g/mol. The van der Waals surface area contributed by atoms with Crippen LogP contribution < -0.4 is 10.6 Å². The van der Waals surface area contributed by atoms with E-state index in [1.807, 2.05) is 30.8 Å². The van der Waals surface area contributed by atoms with Crippen molar-refractivity contribution in [1.29, 1.82) is 0 Å². The standard InChI is InChI=1S/C19H25FN4O/c1-19(2,14-5-3-6-15(20)11-14)13-22-18(25)17-8-10-24(23-17)16-7-4-9-21-12-16/h3,5-6,8,10-11,16,21H,4,7,9,12-13H2,1-2H3,(H,22,25). The lowest BCUT2D eigenvalue weighted by atomic mass is 9.84. The summed E-state index contributed by atoms with van der Waals surface area (Å²) in [5.41, 5.74) is 0.903. The molecule has 1 fully saturated rings. The minimum absolute atomic E-state index is 0.202. The molecule has 1 unspecified atom stereocenters. The molecule has 134 valence electrons. The van der Waals surface area contributed by atoms with Gasteiger partial charge in [-0.3, -0.25) is 9.48 Å². The second-order valence-corrected chi connectivity index (χ2v) is 7.26. The van der Waals surface area contributed by atoms with Gasteiger partial charge < -0.3 is 10.6 Å². The largest absolute Gasteiger partial charge is 0.350 e. The molecule has 6 heteroatoms. The van der Waals surface area contributed by atoms with Crippen LogP contribution in [0.25, 0.3) is 0 Å². The van der Waals surface area contributed by atoms with E-state index in [2.05, 4.69) is 15.7 Å². The molecular weight excluding hydrogens is 319 g/mol. The fraction of sp³-hybridized carbons (Fsp3) is 0.474. The van der Waals surface area contributed by atoms with Crippen molar-refractivity contribution in [2.75, 3.05) is 19.6 Å². The monoisotopic (exact) mass is 344 g/mol. The maximum atomic E-state index is 13.4. The van der Waals surface area contributed by atoms with Crippen molar-refractivity contribution in [2.24, 2.45) is 0 Å². The fourth-order valence-electron chi connectivity index (χ4n) is 3.13. The van der Waals surface area contributed by atoms with E-state index in [1.165, 1.54) is 12.1 Å². The Morgan fingerprint density at radius 2 is 2.28 bits per heavy atom. The van der Waals surface area contributed by atoms with Crippen LogP contribution in [0.4, 0.5) is 4.39 Å². The third-order valence-corrected chi connectivity index (χ3v) is 4.78. The second kappa shape index (κ2) is 7.35. The van der Waals surface area contributed by atoms with Crippen molar-refractivity contribution in [3.8, 4) is 0 Å². The Labute approximate surface area is 147 Å². The zero-order valence-corrected chi connectivity index (χ0v) is 14.8. The Morgan fingerprint density at radius 1 is 1.44 bits per heavy atom. The molecule has 1 aromatic carbocycles. The maximum absolute atomic E-state index is 13.4. The van der Waals surface area contributed by atoms with Crippen LogP contribution in [-0.2, 0) is 5.41 Å². The molecular formula is C19H25FN4O. The van der Waals surface area contributed by atoms with Crippen molar-refractivity contribution in [1.82, 2.24) is 20.4 Å². The quantitative estimate of drug-likeness (QED) is 0.877. The lowest BCUT2D eigenvalue weighted by Crippen LogP contribution is -2.37.